The third-order valence-electron chi connectivity index (χ3n) is 2.83. The summed E-state index contributed by atoms with van der Waals surface area (Å²) in [5.41, 5.74) is 0.781. The van der Waals surface area contributed by atoms with Gasteiger partial charge >= 0.3 is 5.97 Å². The molecule has 0 spiro atoms. The van der Waals surface area contributed by atoms with Gasteiger partial charge in [-0.3, -0.25) is 4.79 Å². The van der Waals surface area contributed by atoms with Crippen molar-refractivity contribution in [3.8, 4) is 0 Å². The van der Waals surface area contributed by atoms with Crippen LogP contribution < -0.4 is 5.32 Å². The van der Waals surface area contributed by atoms with E-state index in [0.717, 1.165) is 17.4 Å². The van der Waals surface area contributed by atoms with Gasteiger partial charge in [0.2, 0.25) is 0 Å². The molecule has 100 valence electrons. The maximum absolute atomic E-state index is 11.5. The lowest BCUT2D eigenvalue weighted by Gasteiger charge is -2.21. The molecule has 0 aliphatic carbocycles. The van der Waals surface area contributed by atoms with Crippen LogP contribution in [0, 0.1) is 5.41 Å². The van der Waals surface area contributed by atoms with Crippen LogP contribution in [-0.4, -0.2) is 26.2 Å². The first-order valence-corrected chi connectivity index (χ1v) is 6.79. The van der Waals surface area contributed by atoms with E-state index in [1.54, 1.807) is 0 Å². The number of esters is 1. The first-order chi connectivity index (χ1) is 8.47. The number of hydrogen-bond donors (Lipinski definition) is 1. The molecule has 0 aromatic heterocycles. The number of rotatable bonds is 6. The van der Waals surface area contributed by atoms with Crippen LogP contribution in [0.15, 0.2) is 28.7 Å². The zero-order chi connectivity index (χ0) is 13.6. The van der Waals surface area contributed by atoms with Crippen molar-refractivity contribution in [1.29, 1.82) is 0 Å². The van der Waals surface area contributed by atoms with Gasteiger partial charge in [-0.15, -0.1) is 0 Å². The van der Waals surface area contributed by atoms with Crippen LogP contribution in [0.25, 0.3) is 0 Å². The molecule has 0 fully saturated rings. The van der Waals surface area contributed by atoms with E-state index < -0.39 is 5.41 Å². The number of hydrogen-bond acceptors (Lipinski definition) is 3. The molecule has 0 aliphatic rings. The Morgan fingerprint density at radius 1 is 1.39 bits per heavy atom. The van der Waals surface area contributed by atoms with Crippen LogP contribution in [0.4, 0.5) is 0 Å². The van der Waals surface area contributed by atoms with Crippen LogP contribution in [0.2, 0.25) is 0 Å². The highest BCUT2D eigenvalue weighted by atomic mass is 79.9. The Balaban J connectivity index is 2.35. The van der Waals surface area contributed by atoms with Gasteiger partial charge in [0, 0.05) is 11.0 Å². The van der Waals surface area contributed by atoms with Crippen molar-refractivity contribution in [1.82, 2.24) is 5.32 Å². The summed E-state index contributed by atoms with van der Waals surface area (Å²) in [6, 6.07) is 8.16. The van der Waals surface area contributed by atoms with Crippen molar-refractivity contribution in [3.05, 3.63) is 34.3 Å². The second-order valence-electron chi connectivity index (χ2n) is 4.89. The van der Waals surface area contributed by atoms with Crippen LogP contribution in [0.1, 0.15) is 19.4 Å². The lowest BCUT2D eigenvalue weighted by atomic mass is 9.94. The molecule has 4 heteroatoms. The Morgan fingerprint density at radius 3 is 2.67 bits per heavy atom. The van der Waals surface area contributed by atoms with Gasteiger partial charge in [0.25, 0.3) is 0 Å². The first-order valence-electron chi connectivity index (χ1n) is 6.00. The van der Waals surface area contributed by atoms with E-state index in [4.69, 9.17) is 4.74 Å². The topological polar surface area (TPSA) is 38.3 Å². The molecule has 1 rings (SSSR count). The SMILES string of the molecule is COC(=O)C(C)(C)CNCCc1ccccc1Br. The third-order valence-corrected chi connectivity index (χ3v) is 3.61. The molecule has 0 amide bonds. The normalized spacial score (nSPS) is 11.3. The number of carbonyl (C=O) groups is 1. The summed E-state index contributed by atoms with van der Waals surface area (Å²) in [6.07, 6.45) is 0.929. The van der Waals surface area contributed by atoms with Crippen molar-refractivity contribution < 1.29 is 9.53 Å². The average Bonchev–Trinajstić information content (AvgIpc) is 2.35. The van der Waals surface area contributed by atoms with Gasteiger partial charge in [0.05, 0.1) is 12.5 Å². The summed E-state index contributed by atoms with van der Waals surface area (Å²) >= 11 is 3.52. The molecule has 0 heterocycles. The molecule has 0 aliphatic heterocycles. The lowest BCUT2D eigenvalue weighted by Crippen LogP contribution is -2.37. The monoisotopic (exact) mass is 313 g/mol. The highest BCUT2D eigenvalue weighted by molar-refractivity contribution is 9.10. The molecule has 0 unspecified atom stereocenters. The van der Waals surface area contributed by atoms with Crippen molar-refractivity contribution in [2.75, 3.05) is 20.2 Å². The van der Waals surface area contributed by atoms with Gasteiger partial charge in [-0.05, 0) is 38.4 Å². The molecule has 1 N–H and O–H groups in total. The van der Waals surface area contributed by atoms with E-state index in [1.807, 2.05) is 32.0 Å². The molecule has 0 saturated carbocycles. The van der Waals surface area contributed by atoms with E-state index >= 15 is 0 Å². The summed E-state index contributed by atoms with van der Waals surface area (Å²) in [7, 11) is 1.42. The van der Waals surface area contributed by atoms with Crippen LogP contribution in [0.5, 0.6) is 0 Å². The molecule has 1 aromatic rings. The number of halogens is 1. The largest absolute Gasteiger partial charge is 0.469 e. The summed E-state index contributed by atoms with van der Waals surface area (Å²) in [6.45, 7) is 5.21. The van der Waals surface area contributed by atoms with Crippen molar-refractivity contribution in [2.45, 2.75) is 20.3 Å². The highest BCUT2D eigenvalue weighted by Gasteiger charge is 2.27. The minimum atomic E-state index is -0.483. The summed E-state index contributed by atoms with van der Waals surface area (Å²) in [4.78, 5) is 11.5. The fourth-order valence-electron chi connectivity index (χ4n) is 1.67. The van der Waals surface area contributed by atoms with Crippen molar-refractivity contribution in [3.63, 3.8) is 0 Å². The number of ether oxygens (including phenoxy) is 1. The minimum Gasteiger partial charge on any atom is -0.469 e. The quantitative estimate of drug-likeness (QED) is 0.648. The van der Waals surface area contributed by atoms with Crippen molar-refractivity contribution >= 4 is 21.9 Å². The molecule has 18 heavy (non-hydrogen) atoms. The minimum absolute atomic E-state index is 0.184. The second-order valence-corrected chi connectivity index (χ2v) is 5.75. The molecule has 0 radical (unpaired) electrons. The van der Waals surface area contributed by atoms with E-state index in [1.165, 1.54) is 12.7 Å². The van der Waals surface area contributed by atoms with Gasteiger partial charge in [-0.25, -0.2) is 0 Å². The van der Waals surface area contributed by atoms with E-state index in [9.17, 15) is 4.79 Å². The number of carbonyl (C=O) groups excluding carboxylic acids is 1. The predicted octanol–water partition coefficient (Wildman–Crippen LogP) is 2.78. The van der Waals surface area contributed by atoms with Gasteiger partial charge in [0.15, 0.2) is 0 Å². The maximum atomic E-state index is 11.5. The number of benzene rings is 1. The number of methoxy groups -OCH3 is 1. The Hall–Kier alpha value is -0.870. The Bertz CT molecular complexity index is 405. The lowest BCUT2D eigenvalue weighted by molar-refractivity contribution is -0.150. The van der Waals surface area contributed by atoms with Crippen molar-refractivity contribution in [2.24, 2.45) is 5.41 Å². The Morgan fingerprint density at radius 2 is 2.06 bits per heavy atom. The third kappa shape index (κ3) is 4.42. The summed E-state index contributed by atoms with van der Waals surface area (Å²) < 4.78 is 5.89. The zero-order valence-electron chi connectivity index (χ0n) is 11.1. The van der Waals surface area contributed by atoms with Gasteiger partial charge in [-0.2, -0.15) is 0 Å². The number of nitrogens with one attached hydrogen (secondary N) is 1. The van der Waals surface area contributed by atoms with Gasteiger partial charge in [-0.1, -0.05) is 34.1 Å². The van der Waals surface area contributed by atoms with E-state index in [-0.39, 0.29) is 5.97 Å². The fraction of sp³-hybridized carbons (Fsp3) is 0.500. The first kappa shape index (κ1) is 15.2. The smallest absolute Gasteiger partial charge is 0.312 e. The molecular formula is C14H20BrNO2. The van der Waals surface area contributed by atoms with Gasteiger partial charge < -0.3 is 10.1 Å². The predicted molar refractivity (Wildman–Crippen MR) is 76.5 cm³/mol. The molecule has 0 atom stereocenters. The second kappa shape index (κ2) is 6.90. The van der Waals surface area contributed by atoms with Crippen LogP contribution in [0.3, 0.4) is 0 Å². The van der Waals surface area contributed by atoms with Gasteiger partial charge in [0.1, 0.15) is 0 Å². The highest BCUT2D eigenvalue weighted by Crippen LogP contribution is 2.17. The Kier molecular flexibility index (Phi) is 5.82. The summed E-state index contributed by atoms with van der Waals surface area (Å²) in [5.74, 6) is -0.184. The molecule has 0 saturated heterocycles. The van der Waals surface area contributed by atoms with E-state index in [0.29, 0.717) is 6.54 Å². The standard InChI is InChI=1S/C14H20BrNO2/c1-14(2,13(17)18-3)10-16-9-8-11-6-4-5-7-12(11)15/h4-7,16H,8-10H2,1-3H3. The maximum Gasteiger partial charge on any atom is 0.312 e. The fourth-order valence-corrected chi connectivity index (χ4v) is 2.16. The molecular weight excluding hydrogens is 294 g/mol. The molecule has 3 nitrogen and oxygen atoms in total. The zero-order valence-corrected chi connectivity index (χ0v) is 12.7. The van der Waals surface area contributed by atoms with Crippen LogP contribution in [-0.2, 0) is 16.0 Å². The van der Waals surface area contributed by atoms with Crippen LogP contribution >= 0.6 is 15.9 Å². The van der Waals surface area contributed by atoms with E-state index in [2.05, 4.69) is 27.3 Å². The Labute approximate surface area is 117 Å². The average molecular weight is 314 g/mol. The summed E-state index contributed by atoms with van der Waals surface area (Å²) in [5, 5.41) is 3.29. The molecule has 1 aromatic carbocycles. The molecule has 0 bridgehead atoms.